The van der Waals surface area contributed by atoms with Crippen molar-refractivity contribution in [2.24, 2.45) is 7.05 Å². The molecule has 5 aromatic carbocycles. The third kappa shape index (κ3) is 4.18. The van der Waals surface area contributed by atoms with Gasteiger partial charge in [-0.2, -0.15) is 0 Å². The van der Waals surface area contributed by atoms with E-state index >= 15 is 4.39 Å². The van der Waals surface area contributed by atoms with E-state index in [4.69, 9.17) is 9.97 Å². The predicted octanol–water partition coefficient (Wildman–Crippen LogP) is 11.2. The lowest BCUT2D eigenvalue weighted by atomic mass is 9.73. The van der Waals surface area contributed by atoms with Crippen LogP contribution in [0.25, 0.3) is 42.6 Å². The van der Waals surface area contributed by atoms with E-state index in [1.807, 2.05) is 73.9 Å². The summed E-state index contributed by atoms with van der Waals surface area (Å²) in [7, 11) is 2.00. The summed E-state index contributed by atoms with van der Waals surface area (Å²) < 4.78 is 21.1. The molecule has 6 heteroatoms. The van der Waals surface area contributed by atoms with Crippen molar-refractivity contribution in [3.63, 3.8) is 0 Å². The van der Waals surface area contributed by atoms with Gasteiger partial charge in [-0.3, -0.25) is 4.90 Å². The third-order valence-corrected chi connectivity index (χ3v) is 10.8. The lowest BCUT2D eigenvalue weighted by Gasteiger charge is -2.41. The Morgan fingerprint density at radius 3 is 2.38 bits per heavy atom. The molecule has 1 atom stereocenters. The van der Waals surface area contributed by atoms with E-state index in [9.17, 15) is 0 Å². The number of rotatable bonds is 4. The highest BCUT2D eigenvalue weighted by Gasteiger charge is 2.40. The van der Waals surface area contributed by atoms with Gasteiger partial charge < -0.3 is 4.57 Å². The minimum absolute atomic E-state index is 0.296. The molecule has 0 aliphatic carbocycles. The van der Waals surface area contributed by atoms with Gasteiger partial charge in [0.05, 0.1) is 21.4 Å². The van der Waals surface area contributed by atoms with E-state index in [0.717, 1.165) is 39.6 Å². The molecule has 0 saturated heterocycles. The van der Waals surface area contributed by atoms with E-state index in [1.165, 1.54) is 31.3 Å². The van der Waals surface area contributed by atoms with Crippen molar-refractivity contribution < 1.29 is 4.39 Å². The lowest BCUT2D eigenvalue weighted by Crippen LogP contribution is -2.31. The molecule has 0 spiro atoms. The molecule has 4 heterocycles. The standard InChI is InChI=1S/C41H31FN4S/c1-41(2)30-17-5-7-19-32(30)46(40-37(41)36-29-16-4-9-21-34(29)47-35(36)24-43-40)28-15-11-13-26(23-28)38(42)25-12-10-14-27(22-25)39-44-31-18-6-8-20-33(31)45(39)3/h4-24,38H,1-3H3. The summed E-state index contributed by atoms with van der Waals surface area (Å²) in [6, 6.07) is 40.8. The summed E-state index contributed by atoms with van der Waals surface area (Å²) in [6.07, 6.45) is 0.682. The van der Waals surface area contributed by atoms with Crippen LogP contribution in [0.15, 0.2) is 128 Å². The molecule has 0 amide bonds. The molecule has 0 saturated carbocycles. The largest absolute Gasteiger partial charge is 0.327 e. The van der Waals surface area contributed by atoms with Crippen LogP contribution in [0.2, 0.25) is 0 Å². The van der Waals surface area contributed by atoms with Crippen molar-refractivity contribution in [2.75, 3.05) is 4.90 Å². The fourth-order valence-electron chi connectivity index (χ4n) is 7.43. The van der Waals surface area contributed by atoms with Gasteiger partial charge in [-0.1, -0.05) is 92.7 Å². The smallest absolute Gasteiger partial charge is 0.150 e. The van der Waals surface area contributed by atoms with Crippen LogP contribution in [-0.2, 0) is 12.5 Å². The minimum Gasteiger partial charge on any atom is -0.327 e. The first-order valence-electron chi connectivity index (χ1n) is 15.9. The molecule has 47 heavy (non-hydrogen) atoms. The topological polar surface area (TPSA) is 34.0 Å². The number of anilines is 3. The average Bonchev–Trinajstić information content (AvgIpc) is 3.65. The Kier molecular flexibility index (Phi) is 6.15. The average molecular weight is 631 g/mol. The van der Waals surface area contributed by atoms with Crippen LogP contribution in [0.4, 0.5) is 21.6 Å². The highest BCUT2D eigenvalue weighted by atomic mass is 32.1. The quantitative estimate of drug-likeness (QED) is 0.194. The normalized spacial score (nSPS) is 14.4. The molecule has 1 aliphatic heterocycles. The molecule has 4 nitrogen and oxygen atoms in total. The number of benzene rings is 5. The molecule has 0 N–H and O–H groups in total. The number of hydrogen-bond donors (Lipinski definition) is 0. The second-order valence-electron chi connectivity index (χ2n) is 12.8. The molecule has 3 aromatic heterocycles. The Balaban J connectivity index is 1.18. The third-order valence-electron chi connectivity index (χ3n) is 9.70. The zero-order valence-corrected chi connectivity index (χ0v) is 27.1. The lowest BCUT2D eigenvalue weighted by molar-refractivity contribution is 0.402. The Bertz CT molecular complexity index is 2510. The number of halogens is 1. The van der Waals surface area contributed by atoms with Gasteiger partial charge in [-0.25, -0.2) is 14.4 Å². The molecular formula is C41H31FN4S. The van der Waals surface area contributed by atoms with Gasteiger partial charge in [0.15, 0.2) is 6.17 Å². The molecule has 228 valence electrons. The van der Waals surface area contributed by atoms with Crippen LogP contribution in [-0.4, -0.2) is 14.5 Å². The number of alkyl halides is 1. The molecule has 1 unspecified atom stereocenters. The first-order valence-corrected chi connectivity index (χ1v) is 16.7. The number of pyridine rings is 1. The zero-order chi connectivity index (χ0) is 31.9. The van der Waals surface area contributed by atoms with Crippen molar-refractivity contribution in [2.45, 2.75) is 25.4 Å². The van der Waals surface area contributed by atoms with Crippen molar-refractivity contribution in [3.05, 3.63) is 150 Å². The maximum Gasteiger partial charge on any atom is 0.150 e. The number of fused-ring (bicyclic) bond motifs is 7. The van der Waals surface area contributed by atoms with Crippen LogP contribution in [0.5, 0.6) is 0 Å². The SMILES string of the molecule is Cn1c(-c2cccc(C(F)c3cccc(N4c5ccccc5C(C)(C)c5c4ncc4sc6ccccc6c54)c3)c2)nc2ccccc21. The molecule has 0 radical (unpaired) electrons. The Morgan fingerprint density at radius 1 is 0.766 bits per heavy atom. The van der Waals surface area contributed by atoms with Crippen LogP contribution in [0.3, 0.4) is 0 Å². The van der Waals surface area contributed by atoms with Crippen LogP contribution < -0.4 is 4.90 Å². The second-order valence-corrected chi connectivity index (χ2v) is 13.9. The number of hydrogen-bond acceptors (Lipinski definition) is 4. The van der Waals surface area contributed by atoms with Gasteiger partial charge in [-0.05, 0) is 59.2 Å². The monoisotopic (exact) mass is 630 g/mol. The van der Waals surface area contributed by atoms with Crippen LogP contribution in [0, 0.1) is 0 Å². The van der Waals surface area contributed by atoms with Crippen LogP contribution >= 0.6 is 11.3 Å². The Hall–Kier alpha value is -5.33. The van der Waals surface area contributed by atoms with Crippen molar-refractivity contribution >= 4 is 59.7 Å². The van der Waals surface area contributed by atoms with Gasteiger partial charge in [0.1, 0.15) is 11.6 Å². The molecule has 8 aromatic rings. The summed E-state index contributed by atoms with van der Waals surface area (Å²) in [5, 5.41) is 2.50. The van der Waals surface area contributed by atoms with E-state index < -0.39 is 6.17 Å². The summed E-state index contributed by atoms with van der Waals surface area (Å²) in [5.74, 6) is 1.71. The Morgan fingerprint density at radius 2 is 1.51 bits per heavy atom. The predicted molar refractivity (Wildman–Crippen MR) is 193 cm³/mol. The maximum atomic E-state index is 16.6. The zero-order valence-electron chi connectivity index (χ0n) is 26.3. The van der Waals surface area contributed by atoms with Crippen molar-refractivity contribution in [1.29, 1.82) is 0 Å². The van der Waals surface area contributed by atoms with Crippen molar-refractivity contribution in [1.82, 2.24) is 14.5 Å². The summed E-state index contributed by atoms with van der Waals surface area (Å²) >= 11 is 1.78. The summed E-state index contributed by atoms with van der Waals surface area (Å²) in [5.41, 5.74) is 8.10. The number of thiophene rings is 1. The van der Waals surface area contributed by atoms with Gasteiger partial charge in [-0.15, -0.1) is 11.3 Å². The number of para-hydroxylation sites is 3. The fraction of sp³-hybridized carbons (Fsp3) is 0.122. The van der Waals surface area contributed by atoms with Gasteiger partial charge in [0, 0.05) is 50.9 Å². The molecule has 1 aliphatic rings. The minimum atomic E-state index is -1.32. The van der Waals surface area contributed by atoms with Crippen molar-refractivity contribution in [3.8, 4) is 11.4 Å². The molecule has 0 fully saturated rings. The van der Waals surface area contributed by atoms with E-state index in [2.05, 4.69) is 84.0 Å². The Labute approximate surface area is 276 Å². The second kappa shape index (κ2) is 10.3. The maximum absolute atomic E-state index is 16.6. The van der Waals surface area contributed by atoms with E-state index in [0.29, 0.717) is 11.1 Å². The fourth-order valence-corrected chi connectivity index (χ4v) is 8.51. The van der Waals surface area contributed by atoms with Gasteiger partial charge >= 0.3 is 0 Å². The van der Waals surface area contributed by atoms with Gasteiger partial charge in [0.25, 0.3) is 0 Å². The first kappa shape index (κ1) is 27.9. The van der Waals surface area contributed by atoms with E-state index in [-0.39, 0.29) is 5.41 Å². The molecule has 9 rings (SSSR count). The number of aryl methyl sites for hydroxylation is 1. The number of nitrogens with zero attached hydrogens (tertiary/aromatic N) is 4. The molecule has 0 bridgehead atoms. The summed E-state index contributed by atoms with van der Waals surface area (Å²) in [4.78, 5) is 12.2. The summed E-state index contributed by atoms with van der Waals surface area (Å²) in [6.45, 7) is 4.59. The first-order chi connectivity index (χ1) is 22.9. The molecular weight excluding hydrogens is 600 g/mol. The number of imidazole rings is 1. The highest BCUT2D eigenvalue weighted by molar-refractivity contribution is 7.25. The van der Waals surface area contributed by atoms with E-state index in [1.54, 1.807) is 11.3 Å². The number of aromatic nitrogens is 3. The highest BCUT2D eigenvalue weighted by Crippen LogP contribution is 2.55. The van der Waals surface area contributed by atoms with Gasteiger partial charge in [0.2, 0.25) is 0 Å². The van der Waals surface area contributed by atoms with Crippen LogP contribution in [0.1, 0.15) is 42.3 Å².